The third kappa shape index (κ3) is 3.13. The monoisotopic (exact) mass is 312 g/mol. The molecular formula is C11H12BrF3O2. The van der Waals surface area contributed by atoms with Crippen LogP contribution in [0.1, 0.15) is 25.0 Å². The quantitative estimate of drug-likeness (QED) is 0.902. The van der Waals surface area contributed by atoms with E-state index < -0.39 is 17.3 Å². The first-order chi connectivity index (χ1) is 7.57. The zero-order chi connectivity index (χ0) is 13.4. The van der Waals surface area contributed by atoms with Crippen LogP contribution in [-0.2, 0) is 11.8 Å². The smallest absolute Gasteiger partial charge is 0.416 e. The predicted octanol–water partition coefficient (Wildman–Crippen LogP) is 3.70. The maximum absolute atomic E-state index is 12.6. The highest BCUT2D eigenvalue weighted by atomic mass is 79.9. The Balaban J connectivity index is 3.47. The van der Waals surface area contributed by atoms with Crippen molar-refractivity contribution in [3.63, 3.8) is 0 Å². The molecule has 0 radical (unpaired) electrons. The van der Waals surface area contributed by atoms with Crippen molar-refractivity contribution in [3.8, 4) is 5.75 Å². The van der Waals surface area contributed by atoms with Crippen molar-refractivity contribution >= 4 is 15.9 Å². The summed E-state index contributed by atoms with van der Waals surface area (Å²) in [4.78, 5) is 0. The number of alkyl halides is 3. The molecule has 96 valence electrons. The molecule has 0 bridgehead atoms. The molecule has 0 aliphatic heterocycles. The Labute approximate surface area is 106 Å². The summed E-state index contributed by atoms with van der Waals surface area (Å²) < 4.78 is 42.8. The van der Waals surface area contributed by atoms with Gasteiger partial charge in [-0.1, -0.05) is 15.9 Å². The molecule has 0 saturated heterocycles. The first-order valence-corrected chi connectivity index (χ1v) is 5.54. The summed E-state index contributed by atoms with van der Waals surface area (Å²) in [7, 11) is 1.26. The van der Waals surface area contributed by atoms with E-state index >= 15 is 0 Å². The Kier molecular flexibility index (Phi) is 3.78. The average molecular weight is 313 g/mol. The summed E-state index contributed by atoms with van der Waals surface area (Å²) in [5.74, 6) is -0.000741. The van der Waals surface area contributed by atoms with E-state index in [1.54, 1.807) is 0 Å². The number of benzene rings is 1. The fourth-order valence-electron chi connectivity index (χ4n) is 1.50. The molecule has 1 aromatic carbocycles. The first kappa shape index (κ1) is 14.3. The lowest BCUT2D eigenvalue weighted by molar-refractivity contribution is -0.137. The molecule has 0 unspecified atom stereocenters. The molecule has 6 heteroatoms. The van der Waals surface area contributed by atoms with E-state index in [4.69, 9.17) is 4.74 Å². The van der Waals surface area contributed by atoms with Gasteiger partial charge in [-0.3, -0.25) is 0 Å². The van der Waals surface area contributed by atoms with Crippen molar-refractivity contribution in [1.29, 1.82) is 0 Å². The van der Waals surface area contributed by atoms with Crippen LogP contribution in [-0.4, -0.2) is 12.2 Å². The minimum absolute atomic E-state index is 0.000741. The Morgan fingerprint density at radius 2 is 1.76 bits per heavy atom. The molecule has 0 aliphatic rings. The number of aliphatic hydroxyl groups is 1. The van der Waals surface area contributed by atoms with Gasteiger partial charge in [0.15, 0.2) is 0 Å². The van der Waals surface area contributed by atoms with Gasteiger partial charge in [0.1, 0.15) is 5.75 Å². The fraction of sp³-hybridized carbons (Fsp3) is 0.455. The summed E-state index contributed by atoms with van der Waals surface area (Å²) in [6.45, 7) is 2.95. The molecule has 0 aliphatic carbocycles. The van der Waals surface area contributed by atoms with E-state index in [1.807, 2.05) is 0 Å². The highest BCUT2D eigenvalue weighted by molar-refractivity contribution is 9.10. The summed E-state index contributed by atoms with van der Waals surface area (Å²) >= 11 is 3.03. The largest absolute Gasteiger partial charge is 0.496 e. The van der Waals surface area contributed by atoms with Crippen LogP contribution in [0.25, 0.3) is 0 Å². The standard InChI is InChI=1S/C11H12BrF3O2/c1-10(2,16)9-7(12)4-6(11(13,14)15)5-8(9)17-3/h4-5,16H,1-3H3. The van der Waals surface area contributed by atoms with Gasteiger partial charge >= 0.3 is 6.18 Å². The van der Waals surface area contributed by atoms with Crippen LogP contribution in [0.4, 0.5) is 13.2 Å². The molecule has 17 heavy (non-hydrogen) atoms. The normalized spacial score (nSPS) is 12.7. The molecule has 0 amide bonds. The Morgan fingerprint density at radius 1 is 1.24 bits per heavy atom. The fourth-order valence-corrected chi connectivity index (χ4v) is 2.43. The van der Waals surface area contributed by atoms with Crippen LogP contribution < -0.4 is 4.74 Å². The summed E-state index contributed by atoms with van der Waals surface area (Å²) in [5.41, 5.74) is -1.84. The van der Waals surface area contributed by atoms with Gasteiger partial charge in [-0.15, -0.1) is 0 Å². The number of hydrogen-bond acceptors (Lipinski definition) is 2. The number of halogens is 4. The summed E-state index contributed by atoms with van der Waals surface area (Å²) in [6, 6.07) is 1.80. The van der Waals surface area contributed by atoms with Gasteiger partial charge in [-0.2, -0.15) is 13.2 Å². The van der Waals surface area contributed by atoms with Crippen molar-refractivity contribution in [1.82, 2.24) is 0 Å². The van der Waals surface area contributed by atoms with Crippen molar-refractivity contribution < 1.29 is 23.0 Å². The van der Waals surface area contributed by atoms with Gasteiger partial charge in [0.05, 0.1) is 18.3 Å². The Hall–Kier alpha value is -0.750. The molecule has 0 fully saturated rings. The zero-order valence-electron chi connectivity index (χ0n) is 9.52. The van der Waals surface area contributed by atoms with Gasteiger partial charge in [0.25, 0.3) is 0 Å². The molecular weight excluding hydrogens is 301 g/mol. The third-order valence-electron chi connectivity index (χ3n) is 2.21. The molecule has 0 spiro atoms. The highest BCUT2D eigenvalue weighted by Gasteiger charge is 2.34. The third-order valence-corrected chi connectivity index (χ3v) is 2.84. The zero-order valence-corrected chi connectivity index (χ0v) is 11.1. The molecule has 2 nitrogen and oxygen atoms in total. The number of rotatable bonds is 2. The van der Waals surface area contributed by atoms with Crippen molar-refractivity contribution in [2.75, 3.05) is 7.11 Å². The summed E-state index contributed by atoms with van der Waals surface area (Å²) in [6.07, 6.45) is -4.45. The maximum atomic E-state index is 12.6. The highest BCUT2D eigenvalue weighted by Crippen LogP contribution is 2.41. The van der Waals surface area contributed by atoms with Crippen LogP contribution in [0.5, 0.6) is 5.75 Å². The van der Waals surface area contributed by atoms with E-state index in [2.05, 4.69) is 15.9 Å². The van der Waals surface area contributed by atoms with Gasteiger partial charge in [0.2, 0.25) is 0 Å². The predicted molar refractivity (Wildman–Crippen MR) is 60.9 cm³/mol. The Bertz CT molecular complexity index is 422. The molecule has 1 aromatic rings. The topological polar surface area (TPSA) is 29.5 Å². The van der Waals surface area contributed by atoms with Crippen LogP contribution >= 0.6 is 15.9 Å². The van der Waals surface area contributed by atoms with Crippen molar-refractivity contribution in [3.05, 3.63) is 27.7 Å². The van der Waals surface area contributed by atoms with Crippen molar-refractivity contribution in [2.24, 2.45) is 0 Å². The van der Waals surface area contributed by atoms with E-state index in [0.29, 0.717) is 0 Å². The van der Waals surface area contributed by atoms with Crippen molar-refractivity contribution in [2.45, 2.75) is 25.6 Å². The molecule has 0 saturated carbocycles. The number of methoxy groups -OCH3 is 1. The minimum Gasteiger partial charge on any atom is -0.496 e. The van der Waals surface area contributed by atoms with Gasteiger partial charge < -0.3 is 9.84 Å². The van der Waals surface area contributed by atoms with Gasteiger partial charge in [-0.05, 0) is 26.0 Å². The second kappa shape index (κ2) is 4.49. The minimum atomic E-state index is -4.45. The van der Waals surface area contributed by atoms with E-state index in [1.165, 1.54) is 21.0 Å². The van der Waals surface area contributed by atoms with Gasteiger partial charge in [0, 0.05) is 10.0 Å². The SMILES string of the molecule is COc1cc(C(F)(F)F)cc(Br)c1C(C)(C)O. The average Bonchev–Trinajstić information content (AvgIpc) is 2.12. The first-order valence-electron chi connectivity index (χ1n) is 4.75. The second-order valence-electron chi connectivity index (χ2n) is 4.09. The molecule has 1 N–H and O–H groups in total. The number of ether oxygens (including phenoxy) is 1. The van der Waals surface area contributed by atoms with Gasteiger partial charge in [-0.25, -0.2) is 0 Å². The van der Waals surface area contributed by atoms with Crippen LogP contribution in [0.2, 0.25) is 0 Å². The molecule has 1 rings (SSSR count). The van der Waals surface area contributed by atoms with E-state index in [0.717, 1.165) is 12.1 Å². The van der Waals surface area contributed by atoms with E-state index in [9.17, 15) is 18.3 Å². The second-order valence-corrected chi connectivity index (χ2v) is 4.95. The lowest BCUT2D eigenvalue weighted by Gasteiger charge is -2.23. The lowest BCUT2D eigenvalue weighted by Crippen LogP contribution is -2.19. The molecule has 0 heterocycles. The van der Waals surface area contributed by atoms with Crippen LogP contribution in [0.15, 0.2) is 16.6 Å². The lowest BCUT2D eigenvalue weighted by atomic mass is 9.96. The summed E-state index contributed by atoms with van der Waals surface area (Å²) in [5, 5.41) is 9.88. The Morgan fingerprint density at radius 3 is 2.12 bits per heavy atom. The van der Waals surface area contributed by atoms with Crippen LogP contribution in [0.3, 0.4) is 0 Å². The van der Waals surface area contributed by atoms with E-state index in [-0.39, 0.29) is 15.8 Å². The molecule has 0 atom stereocenters. The van der Waals surface area contributed by atoms with Crippen LogP contribution in [0, 0.1) is 0 Å². The maximum Gasteiger partial charge on any atom is 0.416 e. The number of hydrogen-bond donors (Lipinski definition) is 1. The molecule has 0 aromatic heterocycles.